The first kappa shape index (κ1) is 15.3. The molecular formula is C16H21N3O2. The van der Waals surface area contributed by atoms with Crippen molar-refractivity contribution in [1.29, 1.82) is 0 Å². The summed E-state index contributed by atoms with van der Waals surface area (Å²) in [7, 11) is 1.83. The van der Waals surface area contributed by atoms with Crippen LogP contribution in [-0.2, 0) is 18.3 Å². The summed E-state index contributed by atoms with van der Waals surface area (Å²) in [5.41, 5.74) is 2.56. The molecule has 0 spiro atoms. The van der Waals surface area contributed by atoms with Gasteiger partial charge in [0.05, 0.1) is 18.5 Å². The van der Waals surface area contributed by atoms with Gasteiger partial charge in [-0.15, -0.1) is 0 Å². The number of nitrogens with zero attached hydrogens (tertiary/aromatic N) is 2. The highest BCUT2D eigenvalue weighted by atomic mass is 16.5. The van der Waals surface area contributed by atoms with Crippen LogP contribution in [0, 0.1) is 0 Å². The van der Waals surface area contributed by atoms with Gasteiger partial charge in [0.15, 0.2) is 0 Å². The van der Waals surface area contributed by atoms with E-state index in [9.17, 15) is 4.79 Å². The smallest absolute Gasteiger partial charge is 0.341 e. The Balaban J connectivity index is 2.06. The minimum Gasteiger partial charge on any atom is -0.462 e. The lowest BCUT2D eigenvalue weighted by Gasteiger charge is -2.15. The zero-order valence-corrected chi connectivity index (χ0v) is 12.7. The zero-order chi connectivity index (χ0) is 15.2. The van der Waals surface area contributed by atoms with E-state index in [0.29, 0.717) is 18.7 Å². The van der Waals surface area contributed by atoms with Gasteiger partial charge >= 0.3 is 5.97 Å². The van der Waals surface area contributed by atoms with Crippen LogP contribution in [0.3, 0.4) is 0 Å². The molecule has 0 aliphatic carbocycles. The van der Waals surface area contributed by atoms with Crippen molar-refractivity contribution in [1.82, 2.24) is 15.1 Å². The maximum Gasteiger partial charge on any atom is 0.341 e. The Morgan fingerprint density at radius 2 is 2.10 bits per heavy atom. The molecule has 5 nitrogen and oxygen atoms in total. The molecule has 0 saturated heterocycles. The molecule has 0 bridgehead atoms. The molecule has 0 aliphatic heterocycles. The van der Waals surface area contributed by atoms with Crippen molar-refractivity contribution in [2.45, 2.75) is 26.4 Å². The Kier molecular flexibility index (Phi) is 5.11. The van der Waals surface area contributed by atoms with E-state index in [1.165, 1.54) is 5.56 Å². The number of carbonyl (C=O) groups is 1. The number of aryl methyl sites for hydroxylation is 1. The van der Waals surface area contributed by atoms with E-state index in [1.54, 1.807) is 17.8 Å². The number of aromatic nitrogens is 2. The van der Waals surface area contributed by atoms with Crippen LogP contribution in [0.4, 0.5) is 0 Å². The fourth-order valence-corrected chi connectivity index (χ4v) is 2.16. The third-order valence-electron chi connectivity index (χ3n) is 3.43. The van der Waals surface area contributed by atoms with Gasteiger partial charge in [0, 0.05) is 19.6 Å². The zero-order valence-electron chi connectivity index (χ0n) is 12.7. The predicted octanol–water partition coefficient (Wildman–Crippen LogP) is 2.45. The summed E-state index contributed by atoms with van der Waals surface area (Å²) < 4.78 is 6.76. The lowest BCUT2D eigenvalue weighted by atomic mass is 10.1. The van der Waals surface area contributed by atoms with Crippen molar-refractivity contribution in [3.05, 3.63) is 53.3 Å². The summed E-state index contributed by atoms with van der Waals surface area (Å²) in [4.78, 5) is 11.9. The van der Waals surface area contributed by atoms with Crippen molar-refractivity contribution in [3.63, 3.8) is 0 Å². The normalized spacial score (nSPS) is 12.1. The number of hydrogen-bond donors (Lipinski definition) is 1. The first-order chi connectivity index (χ1) is 10.1. The average molecular weight is 287 g/mol. The Hall–Kier alpha value is -2.14. The number of carbonyl (C=O) groups excluding carboxylic acids is 1. The first-order valence-corrected chi connectivity index (χ1v) is 7.09. The summed E-state index contributed by atoms with van der Waals surface area (Å²) in [6.07, 6.45) is 1.56. The fourth-order valence-electron chi connectivity index (χ4n) is 2.16. The van der Waals surface area contributed by atoms with Crippen LogP contribution in [0.2, 0.25) is 0 Å². The molecule has 21 heavy (non-hydrogen) atoms. The van der Waals surface area contributed by atoms with Gasteiger partial charge < -0.3 is 10.1 Å². The molecule has 0 aliphatic rings. The second kappa shape index (κ2) is 7.04. The molecule has 2 rings (SSSR count). The van der Waals surface area contributed by atoms with Crippen LogP contribution in [0.1, 0.15) is 41.5 Å². The summed E-state index contributed by atoms with van der Waals surface area (Å²) in [5.74, 6) is -0.324. The van der Waals surface area contributed by atoms with Crippen LogP contribution >= 0.6 is 0 Å². The van der Waals surface area contributed by atoms with Gasteiger partial charge in [0.25, 0.3) is 0 Å². The largest absolute Gasteiger partial charge is 0.462 e. The molecule has 0 saturated carbocycles. The Morgan fingerprint density at radius 3 is 2.76 bits per heavy atom. The molecule has 1 N–H and O–H groups in total. The van der Waals surface area contributed by atoms with Crippen LogP contribution < -0.4 is 5.32 Å². The van der Waals surface area contributed by atoms with Gasteiger partial charge in [-0.25, -0.2) is 4.79 Å². The maximum atomic E-state index is 11.9. The molecular weight excluding hydrogens is 266 g/mol. The van der Waals surface area contributed by atoms with Crippen molar-refractivity contribution in [2.75, 3.05) is 6.61 Å². The molecule has 0 radical (unpaired) electrons. The number of esters is 1. The third kappa shape index (κ3) is 3.70. The Morgan fingerprint density at radius 1 is 1.38 bits per heavy atom. The summed E-state index contributed by atoms with van der Waals surface area (Å²) in [6.45, 7) is 4.81. The number of ether oxygens (including phenoxy) is 1. The number of rotatable bonds is 6. The lowest BCUT2D eigenvalue weighted by Crippen LogP contribution is -2.21. The number of benzene rings is 1. The first-order valence-electron chi connectivity index (χ1n) is 7.09. The summed E-state index contributed by atoms with van der Waals surface area (Å²) in [5, 5.41) is 7.56. The molecule has 0 unspecified atom stereocenters. The van der Waals surface area contributed by atoms with Crippen LogP contribution in [0.5, 0.6) is 0 Å². The van der Waals surface area contributed by atoms with E-state index in [4.69, 9.17) is 4.74 Å². The molecule has 1 aromatic carbocycles. The Labute approximate surface area is 124 Å². The van der Waals surface area contributed by atoms with Gasteiger partial charge in [-0.2, -0.15) is 5.10 Å². The fraction of sp³-hybridized carbons (Fsp3) is 0.375. The second-order valence-corrected chi connectivity index (χ2v) is 4.86. The van der Waals surface area contributed by atoms with Gasteiger partial charge in [-0.3, -0.25) is 4.68 Å². The quantitative estimate of drug-likeness (QED) is 0.829. The third-order valence-corrected chi connectivity index (χ3v) is 3.43. The summed E-state index contributed by atoms with van der Waals surface area (Å²) in [6, 6.07) is 10.4. The second-order valence-electron chi connectivity index (χ2n) is 4.86. The molecule has 0 fully saturated rings. The van der Waals surface area contributed by atoms with Crippen molar-refractivity contribution in [2.24, 2.45) is 7.05 Å². The van der Waals surface area contributed by atoms with Gasteiger partial charge in [-0.05, 0) is 19.4 Å². The molecule has 1 heterocycles. The van der Waals surface area contributed by atoms with Crippen molar-refractivity contribution in [3.8, 4) is 0 Å². The predicted molar refractivity (Wildman–Crippen MR) is 80.9 cm³/mol. The molecule has 2 aromatic rings. The van der Waals surface area contributed by atoms with Crippen LogP contribution in [0.15, 0.2) is 36.5 Å². The monoisotopic (exact) mass is 287 g/mol. The van der Waals surface area contributed by atoms with Crippen molar-refractivity contribution < 1.29 is 9.53 Å². The topological polar surface area (TPSA) is 56.1 Å². The van der Waals surface area contributed by atoms with Crippen LogP contribution in [-0.4, -0.2) is 22.4 Å². The number of nitrogens with one attached hydrogen (secondary N) is 1. The summed E-state index contributed by atoms with van der Waals surface area (Å²) >= 11 is 0. The molecule has 1 aromatic heterocycles. The van der Waals surface area contributed by atoms with E-state index in [-0.39, 0.29) is 12.0 Å². The highest BCUT2D eigenvalue weighted by Crippen LogP contribution is 2.14. The minimum absolute atomic E-state index is 0.191. The van der Waals surface area contributed by atoms with E-state index >= 15 is 0 Å². The molecule has 112 valence electrons. The van der Waals surface area contributed by atoms with Crippen molar-refractivity contribution >= 4 is 5.97 Å². The van der Waals surface area contributed by atoms with Crippen LogP contribution in [0.25, 0.3) is 0 Å². The minimum atomic E-state index is -0.324. The SMILES string of the molecule is CCOC(=O)c1cnn(C)c1CN[C@@H](C)c1ccccc1. The van der Waals surface area contributed by atoms with E-state index < -0.39 is 0 Å². The van der Waals surface area contributed by atoms with Gasteiger partial charge in [0.1, 0.15) is 5.56 Å². The van der Waals surface area contributed by atoms with Gasteiger partial charge in [0.2, 0.25) is 0 Å². The van der Waals surface area contributed by atoms with E-state index in [1.807, 2.05) is 25.2 Å². The highest BCUT2D eigenvalue weighted by molar-refractivity contribution is 5.90. The van der Waals surface area contributed by atoms with Gasteiger partial charge in [-0.1, -0.05) is 30.3 Å². The lowest BCUT2D eigenvalue weighted by molar-refractivity contribution is 0.0524. The highest BCUT2D eigenvalue weighted by Gasteiger charge is 2.17. The average Bonchev–Trinajstić information content (AvgIpc) is 2.87. The molecule has 5 heteroatoms. The molecule has 1 atom stereocenters. The number of hydrogen-bond acceptors (Lipinski definition) is 4. The molecule has 0 amide bonds. The van der Waals surface area contributed by atoms with E-state index in [0.717, 1.165) is 5.69 Å². The Bertz CT molecular complexity index is 593. The standard InChI is InChI=1S/C16H21N3O2/c1-4-21-16(20)14-10-18-19(3)15(14)11-17-12(2)13-8-6-5-7-9-13/h5-10,12,17H,4,11H2,1-3H3/t12-/m0/s1. The maximum absolute atomic E-state index is 11.9. The van der Waals surface area contributed by atoms with E-state index in [2.05, 4.69) is 29.5 Å².